The Bertz CT molecular complexity index is 713. The molecule has 1 aliphatic heterocycles. The summed E-state index contributed by atoms with van der Waals surface area (Å²) in [5, 5.41) is 6.10. The standard InChI is InChI=1S/C15H18N4O4S/c1-22-7-4-16-15(21)19-5-2-11-12(8-19)24-14(17-11)18-13(20)10-3-6-23-9-10/h3,6,9H,2,4-5,7-8H2,1H3,(H,16,21)(H,17,18,20). The molecule has 2 N–H and O–H groups in total. The van der Waals surface area contributed by atoms with Crippen LogP contribution in [0.2, 0.25) is 0 Å². The van der Waals surface area contributed by atoms with Gasteiger partial charge < -0.3 is 19.4 Å². The summed E-state index contributed by atoms with van der Waals surface area (Å²) in [4.78, 5) is 31.3. The molecular weight excluding hydrogens is 332 g/mol. The second-order valence-corrected chi connectivity index (χ2v) is 6.33. The third kappa shape index (κ3) is 3.74. The highest BCUT2D eigenvalue weighted by Crippen LogP contribution is 2.28. The van der Waals surface area contributed by atoms with Crippen LogP contribution < -0.4 is 10.6 Å². The second kappa shape index (κ2) is 7.45. The lowest BCUT2D eigenvalue weighted by Crippen LogP contribution is -2.43. The summed E-state index contributed by atoms with van der Waals surface area (Å²) in [6, 6.07) is 1.48. The fourth-order valence-electron chi connectivity index (χ4n) is 2.36. The Balaban J connectivity index is 1.60. The zero-order valence-electron chi connectivity index (χ0n) is 13.2. The van der Waals surface area contributed by atoms with Crippen molar-refractivity contribution in [3.8, 4) is 0 Å². The van der Waals surface area contributed by atoms with Gasteiger partial charge in [-0.3, -0.25) is 10.1 Å². The average molecular weight is 350 g/mol. The molecule has 0 saturated carbocycles. The maximum atomic E-state index is 12.1. The number of methoxy groups -OCH3 is 1. The van der Waals surface area contributed by atoms with Crippen LogP contribution in [-0.2, 0) is 17.7 Å². The van der Waals surface area contributed by atoms with E-state index in [0.717, 1.165) is 10.6 Å². The van der Waals surface area contributed by atoms with Crippen molar-refractivity contribution in [3.05, 3.63) is 34.7 Å². The van der Waals surface area contributed by atoms with Gasteiger partial charge in [0, 0.05) is 31.5 Å². The minimum absolute atomic E-state index is 0.116. The highest BCUT2D eigenvalue weighted by molar-refractivity contribution is 7.15. The minimum Gasteiger partial charge on any atom is -0.472 e. The van der Waals surface area contributed by atoms with Crippen molar-refractivity contribution in [1.82, 2.24) is 15.2 Å². The second-order valence-electron chi connectivity index (χ2n) is 5.25. The Morgan fingerprint density at radius 3 is 3.12 bits per heavy atom. The molecular formula is C15H18N4O4S. The monoisotopic (exact) mass is 350 g/mol. The Morgan fingerprint density at radius 2 is 2.38 bits per heavy atom. The molecule has 3 heterocycles. The number of fused-ring (bicyclic) bond motifs is 1. The summed E-state index contributed by atoms with van der Waals surface area (Å²) in [6.07, 6.45) is 3.50. The molecule has 0 unspecified atom stereocenters. The lowest BCUT2D eigenvalue weighted by molar-refractivity contribution is 0.102. The first-order valence-electron chi connectivity index (χ1n) is 7.51. The van der Waals surface area contributed by atoms with Crippen LogP contribution in [0.1, 0.15) is 20.9 Å². The Hall–Kier alpha value is -2.39. The average Bonchev–Trinajstić information content (AvgIpc) is 3.23. The van der Waals surface area contributed by atoms with Crippen LogP contribution in [0, 0.1) is 0 Å². The first-order valence-corrected chi connectivity index (χ1v) is 8.33. The molecule has 1 aliphatic rings. The highest BCUT2D eigenvalue weighted by atomic mass is 32.1. The van der Waals surface area contributed by atoms with Crippen molar-refractivity contribution >= 4 is 28.4 Å². The summed E-state index contributed by atoms with van der Waals surface area (Å²) < 4.78 is 9.82. The summed E-state index contributed by atoms with van der Waals surface area (Å²) >= 11 is 1.39. The van der Waals surface area contributed by atoms with E-state index in [1.54, 1.807) is 18.1 Å². The first kappa shape index (κ1) is 16.5. The molecule has 0 bridgehead atoms. The van der Waals surface area contributed by atoms with Crippen LogP contribution in [0.25, 0.3) is 0 Å². The molecule has 0 atom stereocenters. The highest BCUT2D eigenvalue weighted by Gasteiger charge is 2.24. The van der Waals surface area contributed by atoms with E-state index in [4.69, 9.17) is 9.15 Å². The van der Waals surface area contributed by atoms with Crippen molar-refractivity contribution in [2.75, 3.05) is 32.1 Å². The summed E-state index contributed by atoms with van der Waals surface area (Å²) in [7, 11) is 1.59. The van der Waals surface area contributed by atoms with Crippen molar-refractivity contribution in [2.45, 2.75) is 13.0 Å². The van der Waals surface area contributed by atoms with E-state index in [1.807, 2.05) is 0 Å². The fraction of sp³-hybridized carbons (Fsp3) is 0.400. The van der Waals surface area contributed by atoms with E-state index in [1.165, 1.54) is 23.9 Å². The molecule has 0 spiro atoms. The van der Waals surface area contributed by atoms with Crippen molar-refractivity contribution in [3.63, 3.8) is 0 Å². The molecule has 0 saturated heterocycles. The number of aromatic nitrogens is 1. The van der Waals surface area contributed by atoms with E-state index >= 15 is 0 Å². The van der Waals surface area contributed by atoms with E-state index in [0.29, 0.717) is 43.4 Å². The predicted molar refractivity (Wildman–Crippen MR) is 88.2 cm³/mol. The number of anilines is 1. The number of nitrogens with one attached hydrogen (secondary N) is 2. The summed E-state index contributed by atoms with van der Waals surface area (Å²) in [6.45, 7) is 2.06. The number of carbonyl (C=O) groups excluding carboxylic acids is 2. The maximum Gasteiger partial charge on any atom is 0.317 e. The Labute approximate surface area is 142 Å². The number of urea groups is 1. The molecule has 9 heteroatoms. The molecule has 2 aromatic heterocycles. The lowest BCUT2D eigenvalue weighted by Gasteiger charge is -2.26. The molecule has 0 aliphatic carbocycles. The van der Waals surface area contributed by atoms with Gasteiger partial charge in [-0.1, -0.05) is 11.3 Å². The van der Waals surface area contributed by atoms with Gasteiger partial charge in [-0.05, 0) is 6.07 Å². The SMILES string of the molecule is COCCNC(=O)N1CCc2nc(NC(=O)c3ccoc3)sc2C1. The largest absolute Gasteiger partial charge is 0.472 e. The number of amides is 3. The molecule has 128 valence electrons. The van der Waals surface area contributed by atoms with Crippen LogP contribution in [0.3, 0.4) is 0 Å². The summed E-state index contributed by atoms with van der Waals surface area (Å²) in [5.41, 5.74) is 1.38. The number of furan rings is 1. The number of hydrogen-bond acceptors (Lipinski definition) is 6. The van der Waals surface area contributed by atoms with Crippen LogP contribution in [0.15, 0.2) is 23.0 Å². The van der Waals surface area contributed by atoms with Crippen LogP contribution in [0.4, 0.5) is 9.93 Å². The lowest BCUT2D eigenvalue weighted by atomic mass is 10.2. The van der Waals surface area contributed by atoms with E-state index in [2.05, 4.69) is 15.6 Å². The van der Waals surface area contributed by atoms with Gasteiger partial charge in [0.1, 0.15) is 6.26 Å². The zero-order valence-corrected chi connectivity index (χ0v) is 14.0. The molecule has 0 aromatic carbocycles. The van der Waals surface area contributed by atoms with Crippen LogP contribution >= 0.6 is 11.3 Å². The van der Waals surface area contributed by atoms with E-state index in [9.17, 15) is 9.59 Å². The van der Waals surface area contributed by atoms with Gasteiger partial charge >= 0.3 is 6.03 Å². The Kier molecular flexibility index (Phi) is 5.11. The smallest absolute Gasteiger partial charge is 0.317 e. The topological polar surface area (TPSA) is 96.7 Å². The van der Waals surface area contributed by atoms with Crippen LogP contribution in [0.5, 0.6) is 0 Å². The number of rotatable bonds is 5. The first-order chi connectivity index (χ1) is 11.7. The third-order valence-corrected chi connectivity index (χ3v) is 4.60. The Morgan fingerprint density at radius 1 is 1.50 bits per heavy atom. The molecule has 0 radical (unpaired) electrons. The predicted octanol–water partition coefficient (Wildman–Crippen LogP) is 1.70. The minimum atomic E-state index is -0.260. The van der Waals surface area contributed by atoms with E-state index < -0.39 is 0 Å². The number of carbonyl (C=O) groups is 2. The molecule has 3 amide bonds. The van der Waals surface area contributed by atoms with Gasteiger partial charge in [0.25, 0.3) is 5.91 Å². The number of thiazole rings is 1. The molecule has 24 heavy (non-hydrogen) atoms. The van der Waals surface area contributed by atoms with Gasteiger partial charge in [-0.25, -0.2) is 9.78 Å². The van der Waals surface area contributed by atoms with Crippen LogP contribution in [-0.4, -0.2) is 48.6 Å². The summed E-state index contributed by atoms with van der Waals surface area (Å²) in [5.74, 6) is -0.260. The van der Waals surface area contributed by atoms with Crippen molar-refractivity contribution in [1.29, 1.82) is 0 Å². The number of ether oxygens (including phenoxy) is 1. The molecule has 3 rings (SSSR count). The van der Waals surface area contributed by atoms with Gasteiger partial charge in [0.15, 0.2) is 5.13 Å². The molecule has 0 fully saturated rings. The number of hydrogen-bond donors (Lipinski definition) is 2. The number of nitrogens with zero attached hydrogens (tertiary/aromatic N) is 2. The normalized spacial score (nSPS) is 13.5. The van der Waals surface area contributed by atoms with Gasteiger partial charge in [0.2, 0.25) is 0 Å². The van der Waals surface area contributed by atoms with E-state index in [-0.39, 0.29) is 11.9 Å². The fourth-order valence-corrected chi connectivity index (χ4v) is 3.38. The quantitative estimate of drug-likeness (QED) is 0.800. The molecule has 2 aromatic rings. The van der Waals surface area contributed by atoms with Crippen molar-refractivity contribution in [2.24, 2.45) is 0 Å². The van der Waals surface area contributed by atoms with Gasteiger partial charge in [0.05, 0.1) is 30.7 Å². The van der Waals surface area contributed by atoms with Crippen molar-refractivity contribution < 1.29 is 18.7 Å². The zero-order chi connectivity index (χ0) is 16.9. The maximum absolute atomic E-state index is 12.1. The third-order valence-electron chi connectivity index (χ3n) is 3.60. The molecule has 8 nitrogen and oxygen atoms in total. The van der Waals surface area contributed by atoms with Gasteiger partial charge in [-0.2, -0.15) is 0 Å². The van der Waals surface area contributed by atoms with Gasteiger partial charge in [-0.15, -0.1) is 0 Å².